The molecule has 0 N–H and O–H groups in total. The lowest BCUT2D eigenvalue weighted by Gasteiger charge is -2.27. The van der Waals surface area contributed by atoms with Gasteiger partial charge in [0, 0.05) is 71.9 Å². The predicted molar refractivity (Wildman–Crippen MR) is 231 cm³/mol. The van der Waals surface area contributed by atoms with Crippen molar-refractivity contribution in [2.24, 2.45) is 0 Å². The third-order valence-electron chi connectivity index (χ3n) is 10.3. The molecule has 8 aromatic carbocycles. The van der Waals surface area contributed by atoms with Crippen molar-refractivity contribution in [3.8, 4) is 22.3 Å². The van der Waals surface area contributed by atoms with Gasteiger partial charge < -0.3 is 4.90 Å². The molecule has 244 valence electrons. The number of nitrogens with zero attached hydrogens (tertiary/aromatic N) is 1. The maximum Gasteiger partial charge on any atom is 0.0554 e. The van der Waals surface area contributed by atoms with Gasteiger partial charge in [0.15, 0.2) is 0 Å². The lowest BCUT2D eigenvalue weighted by atomic mass is 10.0. The zero-order valence-electron chi connectivity index (χ0n) is 27.9. The topological polar surface area (TPSA) is 3.24 Å². The van der Waals surface area contributed by atoms with Gasteiger partial charge in [-0.1, -0.05) is 103 Å². The van der Waals surface area contributed by atoms with Gasteiger partial charge in [0.05, 0.1) is 5.69 Å². The Hall–Kier alpha value is -5.78. The molecule has 11 aromatic rings. The van der Waals surface area contributed by atoms with E-state index in [1.165, 1.54) is 88.5 Å². The molecule has 0 aliphatic heterocycles. The van der Waals surface area contributed by atoms with Crippen molar-refractivity contribution in [2.45, 2.75) is 0 Å². The molecule has 0 amide bonds. The number of benzene rings is 8. The van der Waals surface area contributed by atoms with Crippen LogP contribution in [-0.2, 0) is 0 Å². The molecule has 0 aliphatic carbocycles. The van der Waals surface area contributed by atoms with Crippen molar-refractivity contribution in [3.63, 3.8) is 0 Å². The Morgan fingerprint density at radius 1 is 0.288 bits per heavy atom. The van der Waals surface area contributed by atoms with Gasteiger partial charge in [-0.2, -0.15) is 0 Å². The third kappa shape index (κ3) is 4.80. The number of thiophene rings is 3. The van der Waals surface area contributed by atoms with Crippen LogP contribution in [0.1, 0.15) is 0 Å². The molecule has 4 heteroatoms. The summed E-state index contributed by atoms with van der Waals surface area (Å²) >= 11 is 5.60. The summed E-state index contributed by atoms with van der Waals surface area (Å²) in [6.07, 6.45) is 0. The van der Waals surface area contributed by atoms with E-state index in [0.717, 1.165) is 11.4 Å². The van der Waals surface area contributed by atoms with Gasteiger partial charge in [-0.25, -0.2) is 0 Å². The molecule has 1 nitrogen and oxygen atoms in total. The van der Waals surface area contributed by atoms with Crippen LogP contribution in [0.25, 0.3) is 82.8 Å². The summed E-state index contributed by atoms with van der Waals surface area (Å²) in [5, 5.41) is 7.89. The number of fused-ring (bicyclic) bond motifs is 9. The minimum absolute atomic E-state index is 1.13. The second-order valence-electron chi connectivity index (χ2n) is 13.3. The normalized spacial score (nSPS) is 11.8. The van der Waals surface area contributed by atoms with Crippen molar-refractivity contribution in [1.29, 1.82) is 0 Å². The van der Waals surface area contributed by atoms with Gasteiger partial charge in [-0.3, -0.25) is 0 Å². The molecule has 0 unspecified atom stereocenters. The first-order valence-electron chi connectivity index (χ1n) is 17.5. The Bertz CT molecular complexity index is 3140. The van der Waals surface area contributed by atoms with Gasteiger partial charge in [0.2, 0.25) is 0 Å². The van der Waals surface area contributed by atoms with Crippen LogP contribution in [0.15, 0.2) is 176 Å². The monoisotopic (exact) mass is 715 g/mol. The summed E-state index contributed by atoms with van der Waals surface area (Å²) in [7, 11) is 0. The zero-order chi connectivity index (χ0) is 34.2. The summed E-state index contributed by atoms with van der Waals surface area (Å²) in [6.45, 7) is 0. The SMILES string of the molecule is c1cc(-c2ccc3c(c2)sc2ccccc23)cc(N(c2ccc(-c3ccc4sc5ccccc5c4c3)cc2)c2cccc3sc4ccccc4c23)c1. The van der Waals surface area contributed by atoms with E-state index in [2.05, 4.69) is 181 Å². The molecule has 3 aromatic heterocycles. The fourth-order valence-electron chi connectivity index (χ4n) is 7.81. The first-order chi connectivity index (χ1) is 25.7. The standard InChI is InChI=1S/C48H29NS3/c1-4-15-42-36(11-1)38-25-21-33(29-47(38)52-42)31-9-7-10-35(27-31)49(41-14-8-18-46-48(41)39-13-3-6-17-44(39)51-46)34-23-19-30(20-24-34)32-22-26-45-40(28-32)37-12-2-5-16-43(37)50-45/h1-29H. The average molecular weight is 716 g/mol. The highest BCUT2D eigenvalue weighted by Gasteiger charge is 2.19. The number of hydrogen-bond donors (Lipinski definition) is 0. The lowest BCUT2D eigenvalue weighted by Crippen LogP contribution is -2.10. The molecule has 0 saturated heterocycles. The smallest absolute Gasteiger partial charge is 0.0554 e. The van der Waals surface area contributed by atoms with Crippen molar-refractivity contribution >= 4 is 112 Å². The minimum atomic E-state index is 1.13. The molecule has 52 heavy (non-hydrogen) atoms. The van der Waals surface area contributed by atoms with Crippen molar-refractivity contribution in [2.75, 3.05) is 4.90 Å². The predicted octanol–water partition coefficient (Wildman–Crippen LogP) is 15.6. The van der Waals surface area contributed by atoms with E-state index < -0.39 is 0 Å². The largest absolute Gasteiger partial charge is 0.310 e. The molecule has 11 rings (SSSR count). The highest BCUT2D eigenvalue weighted by Crippen LogP contribution is 2.46. The Kier molecular flexibility index (Phi) is 6.84. The Morgan fingerprint density at radius 3 is 1.63 bits per heavy atom. The molecule has 3 heterocycles. The minimum Gasteiger partial charge on any atom is -0.310 e. The summed E-state index contributed by atoms with van der Waals surface area (Å²) in [5.41, 5.74) is 8.33. The first-order valence-corrected chi connectivity index (χ1v) is 19.9. The van der Waals surface area contributed by atoms with Crippen LogP contribution in [0.3, 0.4) is 0 Å². The van der Waals surface area contributed by atoms with E-state index in [4.69, 9.17) is 0 Å². The van der Waals surface area contributed by atoms with Crippen LogP contribution in [0.2, 0.25) is 0 Å². The second kappa shape index (κ2) is 11.9. The number of hydrogen-bond acceptors (Lipinski definition) is 4. The molecule has 0 aliphatic rings. The van der Waals surface area contributed by atoms with Crippen molar-refractivity contribution in [3.05, 3.63) is 176 Å². The molecule has 0 fully saturated rings. The van der Waals surface area contributed by atoms with Gasteiger partial charge in [0.1, 0.15) is 0 Å². The van der Waals surface area contributed by atoms with Crippen LogP contribution in [0.4, 0.5) is 17.1 Å². The number of rotatable bonds is 5. The second-order valence-corrected chi connectivity index (χ2v) is 16.6. The maximum atomic E-state index is 2.45. The first kappa shape index (κ1) is 29.9. The van der Waals surface area contributed by atoms with E-state index in [-0.39, 0.29) is 0 Å². The number of anilines is 3. The van der Waals surface area contributed by atoms with Gasteiger partial charge in [0.25, 0.3) is 0 Å². The van der Waals surface area contributed by atoms with E-state index >= 15 is 0 Å². The van der Waals surface area contributed by atoms with Crippen LogP contribution >= 0.6 is 34.0 Å². The van der Waals surface area contributed by atoms with Crippen LogP contribution in [0, 0.1) is 0 Å². The average Bonchev–Trinajstić information content (AvgIpc) is 3.89. The van der Waals surface area contributed by atoms with E-state index in [0.29, 0.717) is 0 Å². The summed E-state index contributed by atoms with van der Waals surface area (Å²) in [5.74, 6) is 0. The van der Waals surface area contributed by atoms with Crippen molar-refractivity contribution < 1.29 is 0 Å². The van der Waals surface area contributed by atoms with Crippen LogP contribution < -0.4 is 4.90 Å². The van der Waals surface area contributed by atoms with E-state index in [1.54, 1.807) is 0 Å². The molecule has 0 atom stereocenters. The zero-order valence-corrected chi connectivity index (χ0v) is 30.4. The maximum absolute atomic E-state index is 2.45. The van der Waals surface area contributed by atoms with Gasteiger partial charge >= 0.3 is 0 Å². The van der Waals surface area contributed by atoms with E-state index in [1.807, 2.05) is 34.0 Å². The molecular weight excluding hydrogens is 687 g/mol. The summed E-state index contributed by atoms with van der Waals surface area (Å²) < 4.78 is 7.92. The molecular formula is C48H29NS3. The lowest BCUT2D eigenvalue weighted by molar-refractivity contribution is 1.30. The van der Waals surface area contributed by atoms with Crippen molar-refractivity contribution in [1.82, 2.24) is 0 Å². The Morgan fingerprint density at radius 2 is 0.827 bits per heavy atom. The quantitative estimate of drug-likeness (QED) is 0.171. The third-order valence-corrected chi connectivity index (χ3v) is 13.7. The summed E-state index contributed by atoms with van der Waals surface area (Å²) in [6, 6.07) is 65.0. The van der Waals surface area contributed by atoms with Gasteiger partial charge in [-0.05, 0) is 95.1 Å². The highest BCUT2D eigenvalue weighted by atomic mass is 32.1. The van der Waals surface area contributed by atoms with Gasteiger partial charge in [-0.15, -0.1) is 34.0 Å². The molecule has 0 radical (unpaired) electrons. The van der Waals surface area contributed by atoms with Crippen LogP contribution in [-0.4, -0.2) is 0 Å². The summed E-state index contributed by atoms with van der Waals surface area (Å²) in [4.78, 5) is 2.45. The molecule has 0 bridgehead atoms. The Labute approximate surface area is 312 Å². The van der Waals surface area contributed by atoms with Crippen LogP contribution in [0.5, 0.6) is 0 Å². The highest BCUT2D eigenvalue weighted by molar-refractivity contribution is 7.26. The Balaban J connectivity index is 1.06. The molecule has 0 saturated carbocycles. The fourth-order valence-corrected chi connectivity index (χ4v) is 11.2. The molecule has 0 spiro atoms. The fraction of sp³-hybridized carbons (Fsp3) is 0. The van der Waals surface area contributed by atoms with E-state index in [9.17, 15) is 0 Å².